The Labute approximate surface area is 191 Å². The predicted octanol–water partition coefficient (Wildman–Crippen LogP) is 4.01. The van der Waals surface area contributed by atoms with Crippen LogP contribution in [-0.2, 0) is 28.9 Å². The molecule has 2 fully saturated rings. The smallest absolute Gasteiger partial charge is 0.263 e. The average molecular weight is 462 g/mol. The summed E-state index contributed by atoms with van der Waals surface area (Å²) in [4.78, 5) is 35.6. The molecule has 2 aromatic rings. The molecule has 2 saturated heterocycles. The fourth-order valence-electron chi connectivity index (χ4n) is 5.02. The van der Waals surface area contributed by atoms with Gasteiger partial charge in [0.25, 0.3) is 5.56 Å². The lowest BCUT2D eigenvalue weighted by Crippen LogP contribution is -2.34. The quantitative estimate of drug-likeness (QED) is 0.497. The number of aromatic nitrogens is 2. The second-order valence-corrected chi connectivity index (χ2v) is 10.9. The van der Waals surface area contributed by atoms with Crippen molar-refractivity contribution < 1.29 is 9.53 Å². The Balaban J connectivity index is 1.45. The van der Waals surface area contributed by atoms with E-state index in [4.69, 9.17) is 9.72 Å². The lowest BCUT2D eigenvalue weighted by atomic mass is 9.97. The number of carbonyl (C=O) groups is 1. The Morgan fingerprint density at radius 1 is 1.10 bits per heavy atom. The van der Waals surface area contributed by atoms with Crippen LogP contribution < -0.4 is 5.56 Å². The number of rotatable bonds is 5. The molecule has 1 unspecified atom stereocenters. The lowest BCUT2D eigenvalue weighted by molar-refractivity contribution is -0.128. The lowest BCUT2D eigenvalue weighted by Gasteiger charge is -2.21. The van der Waals surface area contributed by atoms with Gasteiger partial charge in [-0.2, -0.15) is 0 Å². The Bertz CT molecular complexity index is 1000. The van der Waals surface area contributed by atoms with Gasteiger partial charge in [0, 0.05) is 24.6 Å². The Morgan fingerprint density at radius 3 is 2.68 bits per heavy atom. The standard InChI is InChI=1S/C23H31N3O3S2/c27-19(25-11-5-1-2-6-12-25)15-30-23-24-21-20(17-9-3-4-10-18(17)31-21)22(28)26(23)14-16-8-7-13-29-16/h16H,1-15H2. The number of nitrogens with zero attached hydrogens (tertiary/aromatic N) is 3. The van der Waals surface area contributed by atoms with Crippen LogP contribution in [0.2, 0.25) is 0 Å². The molecule has 4 heterocycles. The van der Waals surface area contributed by atoms with E-state index in [0.29, 0.717) is 17.5 Å². The van der Waals surface area contributed by atoms with Crippen LogP contribution in [0.15, 0.2) is 9.95 Å². The van der Waals surface area contributed by atoms with Crippen molar-refractivity contribution in [3.05, 3.63) is 20.8 Å². The van der Waals surface area contributed by atoms with Crippen molar-refractivity contribution >= 4 is 39.2 Å². The van der Waals surface area contributed by atoms with Gasteiger partial charge in [0.05, 0.1) is 23.8 Å². The van der Waals surface area contributed by atoms with Gasteiger partial charge in [-0.05, 0) is 56.9 Å². The third kappa shape index (κ3) is 4.57. The summed E-state index contributed by atoms with van der Waals surface area (Å²) in [6.45, 7) is 3.00. The molecule has 0 N–H and O–H groups in total. The van der Waals surface area contributed by atoms with Gasteiger partial charge in [0.2, 0.25) is 5.91 Å². The summed E-state index contributed by atoms with van der Waals surface area (Å²) in [6.07, 6.45) is 11.0. The molecule has 2 aromatic heterocycles. The summed E-state index contributed by atoms with van der Waals surface area (Å²) in [5, 5.41) is 1.50. The van der Waals surface area contributed by atoms with Gasteiger partial charge in [-0.15, -0.1) is 11.3 Å². The van der Waals surface area contributed by atoms with E-state index in [-0.39, 0.29) is 17.6 Å². The molecule has 8 heteroatoms. The van der Waals surface area contributed by atoms with Gasteiger partial charge in [-0.25, -0.2) is 4.98 Å². The maximum atomic E-state index is 13.6. The topological polar surface area (TPSA) is 64.4 Å². The zero-order valence-electron chi connectivity index (χ0n) is 18.1. The van der Waals surface area contributed by atoms with Crippen molar-refractivity contribution in [1.29, 1.82) is 0 Å². The van der Waals surface area contributed by atoms with Crippen LogP contribution in [0.1, 0.15) is 61.8 Å². The van der Waals surface area contributed by atoms with Crippen molar-refractivity contribution in [2.24, 2.45) is 0 Å². The van der Waals surface area contributed by atoms with Crippen LogP contribution in [0.3, 0.4) is 0 Å². The molecule has 3 aliphatic rings. The first-order valence-electron chi connectivity index (χ1n) is 11.8. The summed E-state index contributed by atoms with van der Waals surface area (Å²) < 4.78 is 7.64. The second kappa shape index (κ2) is 9.63. The van der Waals surface area contributed by atoms with E-state index < -0.39 is 0 Å². The molecule has 0 saturated carbocycles. The number of carbonyl (C=O) groups excluding carboxylic acids is 1. The van der Waals surface area contributed by atoms with Crippen LogP contribution in [0, 0.1) is 0 Å². The number of likely N-dealkylation sites (tertiary alicyclic amines) is 1. The number of fused-ring (bicyclic) bond motifs is 3. The Hall–Kier alpha value is -1.38. The van der Waals surface area contributed by atoms with E-state index in [2.05, 4.69) is 0 Å². The minimum Gasteiger partial charge on any atom is -0.376 e. The third-order valence-electron chi connectivity index (χ3n) is 6.73. The minimum atomic E-state index is 0.0598. The van der Waals surface area contributed by atoms with Gasteiger partial charge >= 0.3 is 0 Å². The molecule has 6 nitrogen and oxygen atoms in total. The second-order valence-electron chi connectivity index (χ2n) is 8.92. The Kier molecular flexibility index (Phi) is 6.67. The van der Waals surface area contributed by atoms with Crippen LogP contribution >= 0.6 is 23.1 Å². The maximum absolute atomic E-state index is 13.6. The predicted molar refractivity (Wildman–Crippen MR) is 125 cm³/mol. The summed E-state index contributed by atoms with van der Waals surface area (Å²) >= 11 is 3.11. The van der Waals surface area contributed by atoms with Crippen molar-refractivity contribution in [3.63, 3.8) is 0 Å². The first-order valence-corrected chi connectivity index (χ1v) is 13.6. The number of amides is 1. The Morgan fingerprint density at radius 2 is 1.90 bits per heavy atom. The largest absolute Gasteiger partial charge is 0.376 e. The molecule has 1 atom stereocenters. The molecular formula is C23H31N3O3S2. The first kappa shape index (κ1) is 21.5. The summed E-state index contributed by atoms with van der Waals surface area (Å²) in [5.74, 6) is 0.504. The maximum Gasteiger partial charge on any atom is 0.263 e. The van der Waals surface area contributed by atoms with Gasteiger partial charge in [-0.1, -0.05) is 24.6 Å². The molecule has 0 spiro atoms. The van der Waals surface area contributed by atoms with E-state index in [9.17, 15) is 9.59 Å². The SMILES string of the molecule is O=C(CSc1nc2sc3c(c2c(=O)n1CC1CCCO1)CCCC3)N1CCCCCC1. The number of thiophene rings is 1. The molecular weight excluding hydrogens is 430 g/mol. The summed E-state index contributed by atoms with van der Waals surface area (Å²) in [7, 11) is 0. The molecule has 0 aromatic carbocycles. The van der Waals surface area contributed by atoms with E-state index in [0.717, 1.165) is 74.9 Å². The van der Waals surface area contributed by atoms with Crippen molar-refractivity contribution in [1.82, 2.24) is 14.5 Å². The van der Waals surface area contributed by atoms with Crippen molar-refractivity contribution in [3.8, 4) is 0 Å². The molecule has 31 heavy (non-hydrogen) atoms. The fourth-order valence-corrected chi connectivity index (χ4v) is 7.23. The van der Waals surface area contributed by atoms with Gasteiger partial charge < -0.3 is 9.64 Å². The van der Waals surface area contributed by atoms with Gasteiger partial charge in [0.1, 0.15) is 4.83 Å². The number of hydrogen-bond donors (Lipinski definition) is 0. The minimum absolute atomic E-state index is 0.0598. The molecule has 5 rings (SSSR count). The third-order valence-corrected chi connectivity index (χ3v) is 8.88. The fraction of sp³-hybridized carbons (Fsp3) is 0.696. The highest BCUT2D eigenvalue weighted by Crippen LogP contribution is 2.35. The van der Waals surface area contributed by atoms with Crippen LogP contribution in [-0.4, -0.2) is 51.9 Å². The van der Waals surface area contributed by atoms with E-state index in [1.807, 2.05) is 4.90 Å². The molecule has 2 aliphatic heterocycles. The molecule has 0 bridgehead atoms. The highest BCUT2D eigenvalue weighted by atomic mass is 32.2. The summed E-state index contributed by atoms with van der Waals surface area (Å²) in [6, 6.07) is 0. The first-order chi connectivity index (χ1) is 15.2. The molecule has 1 aliphatic carbocycles. The number of aryl methyl sites for hydroxylation is 2. The highest BCUT2D eigenvalue weighted by Gasteiger charge is 2.25. The van der Waals surface area contributed by atoms with E-state index in [1.165, 1.54) is 41.5 Å². The van der Waals surface area contributed by atoms with Crippen LogP contribution in [0.25, 0.3) is 10.2 Å². The van der Waals surface area contributed by atoms with E-state index >= 15 is 0 Å². The zero-order chi connectivity index (χ0) is 21.2. The molecule has 1 amide bonds. The van der Waals surface area contributed by atoms with E-state index in [1.54, 1.807) is 15.9 Å². The normalized spacial score (nSPS) is 21.9. The van der Waals surface area contributed by atoms with Crippen molar-refractivity contribution in [2.45, 2.75) is 82.0 Å². The van der Waals surface area contributed by atoms with Crippen molar-refractivity contribution in [2.75, 3.05) is 25.4 Å². The molecule has 0 radical (unpaired) electrons. The van der Waals surface area contributed by atoms with Crippen LogP contribution in [0.5, 0.6) is 0 Å². The average Bonchev–Trinajstić information content (AvgIpc) is 3.33. The van der Waals surface area contributed by atoms with Gasteiger partial charge in [-0.3, -0.25) is 14.2 Å². The van der Waals surface area contributed by atoms with Crippen LogP contribution in [0.4, 0.5) is 0 Å². The number of ether oxygens (including phenoxy) is 1. The van der Waals surface area contributed by atoms with Gasteiger partial charge in [0.15, 0.2) is 5.16 Å². The monoisotopic (exact) mass is 461 g/mol. The number of hydrogen-bond acceptors (Lipinski definition) is 6. The highest BCUT2D eigenvalue weighted by molar-refractivity contribution is 7.99. The zero-order valence-corrected chi connectivity index (χ0v) is 19.7. The molecule has 168 valence electrons. The summed E-state index contributed by atoms with van der Waals surface area (Å²) in [5.41, 5.74) is 1.28. The number of thioether (sulfide) groups is 1.